The van der Waals surface area contributed by atoms with E-state index >= 15 is 0 Å². The molecule has 2 N–H and O–H groups in total. The van der Waals surface area contributed by atoms with Crippen LogP contribution >= 0.6 is 11.6 Å². The van der Waals surface area contributed by atoms with Crippen LogP contribution in [0.5, 0.6) is 0 Å². The SMILES string of the molecule is C[C@@H](NC(=O)CNC(=O)CCl)c1ccc(F)cc1. The topological polar surface area (TPSA) is 58.2 Å². The molecule has 0 saturated heterocycles. The van der Waals surface area contributed by atoms with Crippen LogP contribution in [-0.4, -0.2) is 24.2 Å². The van der Waals surface area contributed by atoms with Crippen LogP contribution in [0.25, 0.3) is 0 Å². The van der Waals surface area contributed by atoms with Gasteiger partial charge in [-0.3, -0.25) is 9.59 Å². The number of hydrogen-bond acceptors (Lipinski definition) is 2. The molecule has 0 aliphatic rings. The summed E-state index contributed by atoms with van der Waals surface area (Å²) < 4.78 is 12.7. The highest BCUT2D eigenvalue weighted by Gasteiger charge is 2.10. The molecule has 0 unspecified atom stereocenters. The van der Waals surface area contributed by atoms with Crippen molar-refractivity contribution in [3.8, 4) is 0 Å². The largest absolute Gasteiger partial charge is 0.348 e. The molecule has 0 saturated carbocycles. The first-order chi connectivity index (χ1) is 8.52. The molecule has 0 heterocycles. The number of carbonyl (C=O) groups is 2. The van der Waals surface area contributed by atoms with E-state index in [4.69, 9.17) is 11.6 Å². The number of benzene rings is 1. The molecule has 98 valence electrons. The summed E-state index contributed by atoms with van der Waals surface area (Å²) in [5, 5.41) is 5.03. The summed E-state index contributed by atoms with van der Waals surface area (Å²) in [6, 6.07) is 5.58. The lowest BCUT2D eigenvalue weighted by Crippen LogP contribution is -2.38. The van der Waals surface area contributed by atoms with E-state index in [-0.39, 0.29) is 30.2 Å². The van der Waals surface area contributed by atoms with Crippen LogP contribution in [0.15, 0.2) is 24.3 Å². The molecule has 0 bridgehead atoms. The van der Waals surface area contributed by atoms with Gasteiger partial charge in [-0.15, -0.1) is 11.6 Å². The second-order valence-electron chi connectivity index (χ2n) is 3.75. The van der Waals surface area contributed by atoms with Crippen molar-refractivity contribution in [2.75, 3.05) is 12.4 Å². The maximum Gasteiger partial charge on any atom is 0.239 e. The molecule has 0 aromatic heterocycles. The maximum absolute atomic E-state index is 12.7. The van der Waals surface area contributed by atoms with E-state index in [0.717, 1.165) is 5.56 Å². The molecular formula is C12H14ClFN2O2. The Morgan fingerprint density at radius 2 is 1.89 bits per heavy atom. The van der Waals surface area contributed by atoms with Crippen LogP contribution < -0.4 is 10.6 Å². The monoisotopic (exact) mass is 272 g/mol. The number of nitrogens with one attached hydrogen (secondary N) is 2. The molecule has 0 spiro atoms. The van der Waals surface area contributed by atoms with Crippen LogP contribution in [0.4, 0.5) is 4.39 Å². The van der Waals surface area contributed by atoms with Gasteiger partial charge < -0.3 is 10.6 Å². The van der Waals surface area contributed by atoms with Crippen molar-refractivity contribution in [1.29, 1.82) is 0 Å². The Bertz CT molecular complexity index is 423. The van der Waals surface area contributed by atoms with E-state index in [1.807, 2.05) is 0 Å². The Balaban J connectivity index is 2.44. The maximum atomic E-state index is 12.7. The van der Waals surface area contributed by atoms with E-state index in [1.54, 1.807) is 19.1 Å². The average molecular weight is 273 g/mol. The van der Waals surface area contributed by atoms with Gasteiger partial charge in [-0.05, 0) is 24.6 Å². The van der Waals surface area contributed by atoms with Crippen LogP contribution in [-0.2, 0) is 9.59 Å². The van der Waals surface area contributed by atoms with Crippen molar-refractivity contribution in [3.63, 3.8) is 0 Å². The minimum absolute atomic E-state index is 0.128. The van der Waals surface area contributed by atoms with Gasteiger partial charge in [0.2, 0.25) is 11.8 Å². The van der Waals surface area contributed by atoms with Gasteiger partial charge in [-0.25, -0.2) is 4.39 Å². The smallest absolute Gasteiger partial charge is 0.239 e. The lowest BCUT2D eigenvalue weighted by atomic mass is 10.1. The van der Waals surface area contributed by atoms with Gasteiger partial charge in [0.1, 0.15) is 11.7 Å². The second-order valence-corrected chi connectivity index (χ2v) is 4.02. The number of alkyl halides is 1. The van der Waals surface area contributed by atoms with E-state index in [2.05, 4.69) is 10.6 Å². The van der Waals surface area contributed by atoms with Crippen molar-refractivity contribution < 1.29 is 14.0 Å². The molecule has 4 nitrogen and oxygen atoms in total. The molecule has 18 heavy (non-hydrogen) atoms. The quantitative estimate of drug-likeness (QED) is 0.795. The predicted octanol–water partition coefficient (Wildman–Crippen LogP) is 1.36. The highest BCUT2D eigenvalue weighted by atomic mass is 35.5. The van der Waals surface area contributed by atoms with Crippen molar-refractivity contribution in [2.24, 2.45) is 0 Å². The fraction of sp³-hybridized carbons (Fsp3) is 0.333. The summed E-state index contributed by atoms with van der Waals surface area (Å²) in [5.74, 6) is -1.24. The molecule has 1 rings (SSSR count). The third-order valence-corrected chi connectivity index (χ3v) is 2.56. The second kappa shape index (κ2) is 6.96. The molecule has 6 heteroatoms. The number of rotatable bonds is 5. The third-order valence-electron chi connectivity index (χ3n) is 2.31. The molecule has 0 fully saturated rings. The van der Waals surface area contributed by atoms with E-state index in [9.17, 15) is 14.0 Å². The number of halogens is 2. The van der Waals surface area contributed by atoms with Crippen LogP contribution in [0.2, 0.25) is 0 Å². The first kappa shape index (κ1) is 14.4. The Morgan fingerprint density at radius 1 is 1.28 bits per heavy atom. The molecule has 0 radical (unpaired) electrons. The summed E-state index contributed by atoms with van der Waals surface area (Å²) in [5.41, 5.74) is 0.786. The van der Waals surface area contributed by atoms with Crippen LogP contribution in [0.3, 0.4) is 0 Å². The predicted molar refractivity (Wildman–Crippen MR) is 66.7 cm³/mol. The Kier molecular flexibility index (Phi) is 5.58. The fourth-order valence-corrected chi connectivity index (χ4v) is 1.45. The summed E-state index contributed by atoms with van der Waals surface area (Å²) in [4.78, 5) is 22.3. The van der Waals surface area contributed by atoms with Gasteiger partial charge in [0.05, 0.1) is 12.6 Å². The number of hydrogen-bond donors (Lipinski definition) is 2. The molecule has 0 aliphatic heterocycles. The fourth-order valence-electron chi connectivity index (χ4n) is 1.35. The Hall–Kier alpha value is -1.62. The van der Waals surface area contributed by atoms with Gasteiger partial charge in [0, 0.05) is 0 Å². The van der Waals surface area contributed by atoms with Crippen LogP contribution in [0, 0.1) is 5.82 Å². The zero-order valence-corrected chi connectivity index (χ0v) is 10.6. The summed E-state index contributed by atoms with van der Waals surface area (Å²) in [6.07, 6.45) is 0. The molecular weight excluding hydrogens is 259 g/mol. The number of amides is 2. The Morgan fingerprint density at radius 3 is 2.44 bits per heavy atom. The molecule has 0 aliphatic carbocycles. The van der Waals surface area contributed by atoms with E-state index in [1.165, 1.54) is 12.1 Å². The normalized spacial score (nSPS) is 11.7. The lowest BCUT2D eigenvalue weighted by Gasteiger charge is -2.14. The highest BCUT2D eigenvalue weighted by molar-refractivity contribution is 6.27. The summed E-state index contributed by atoms with van der Waals surface area (Å²) >= 11 is 5.27. The van der Waals surface area contributed by atoms with Crippen molar-refractivity contribution in [2.45, 2.75) is 13.0 Å². The lowest BCUT2D eigenvalue weighted by molar-refractivity contribution is -0.125. The standard InChI is InChI=1S/C12H14ClFN2O2/c1-8(9-2-4-10(14)5-3-9)16-12(18)7-15-11(17)6-13/h2-5,8H,6-7H2,1H3,(H,15,17)(H,16,18)/t8-/m1/s1. The third kappa shape index (κ3) is 4.71. The summed E-state index contributed by atoms with van der Waals surface area (Å²) in [6.45, 7) is 1.64. The Labute approximate surface area is 110 Å². The van der Waals surface area contributed by atoms with Gasteiger partial charge in [0.25, 0.3) is 0 Å². The van der Waals surface area contributed by atoms with Gasteiger partial charge >= 0.3 is 0 Å². The average Bonchev–Trinajstić information content (AvgIpc) is 2.36. The van der Waals surface area contributed by atoms with Crippen LogP contribution in [0.1, 0.15) is 18.5 Å². The zero-order chi connectivity index (χ0) is 13.5. The first-order valence-corrected chi connectivity index (χ1v) is 5.94. The minimum Gasteiger partial charge on any atom is -0.348 e. The molecule has 1 aromatic rings. The van der Waals surface area contributed by atoms with Crippen molar-refractivity contribution in [1.82, 2.24) is 10.6 Å². The zero-order valence-electron chi connectivity index (χ0n) is 9.87. The van der Waals surface area contributed by atoms with Crippen molar-refractivity contribution >= 4 is 23.4 Å². The highest BCUT2D eigenvalue weighted by Crippen LogP contribution is 2.12. The van der Waals surface area contributed by atoms with Gasteiger partial charge in [-0.1, -0.05) is 12.1 Å². The molecule has 1 atom stereocenters. The summed E-state index contributed by atoms with van der Waals surface area (Å²) in [7, 11) is 0. The molecule has 1 aromatic carbocycles. The van der Waals surface area contributed by atoms with E-state index < -0.39 is 5.91 Å². The minimum atomic E-state index is -0.402. The number of carbonyl (C=O) groups excluding carboxylic acids is 2. The molecule has 2 amide bonds. The van der Waals surface area contributed by atoms with E-state index in [0.29, 0.717) is 0 Å². The van der Waals surface area contributed by atoms with Gasteiger partial charge in [-0.2, -0.15) is 0 Å². The van der Waals surface area contributed by atoms with Gasteiger partial charge in [0.15, 0.2) is 0 Å². The van der Waals surface area contributed by atoms with Crippen molar-refractivity contribution in [3.05, 3.63) is 35.6 Å². The first-order valence-electron chi connectivity index (χ1n) is 5.40.